The van der Waals surface area contributed by atoms with Crippen molar-refractivity contribution in [3.05, 3.63) is 0 Å². The van der Waals surface area contributed by atoms with Gasteiger partial charge in [-0.2, -0.15) is 17.0 Å². The van der Waals surface area contributed by atoms with Crippen molar-refractivity contribution in [3.63, 3.8) is 0 Å². The number of carbonyl (C=O) groups excluding carboxylic acids is 1. The number of nitrogens with zero attached hydrogens (tertiary/aromatic N) is 2. The fourth-order valence-corrected chi connectivity index (χ4v) is 4.01. The minimum absolute atomic E-state index is 0.235. The third-order valence-corrected chi connectivity index (χ3v) is 5.42. The molecule has 0 aromatic rings. The molecule has 0 amide bonds. The lowest BCUT2D eigenvalue weighted by atomic mass is 10.1. The minimum Gasteiger partial charge on any atom is -0.469 e. The molecule has 2 saturated heterocycles. The molecule has 0 aromatic heterocycles. The molecule has 1 unspecified atom stereocenters. The van der Waals surface area contributed by atoms with Crippen LogP contribution < -0.4 is 5.32 Å². The summed E-state index contributed by atoms with van der Waals surface area (Å²) >= 11 is 0. The average molecular weight is 277 g/mol. The molecule has 2 aliphatic heterocycles. The Morgan fingerprint density at radius 3 is 2.50 bits per heavy atom. The molecule has 0 spiro atoms. The molecule has 0 bridgehead atoms. The Morgan fingerprint density at radius 2 is 1.89 bits per heavy atom. The van der Waals surface area contributed by atoms with E-state index >= 15 is 0 Å². The number of carbonyl (C=O) groups is 1. The van der Waals surface area contributed by atoms with E-state index in [-0.39, 0.29) is 18.4 Å². The van der Waals surface area contributed by atoms with Crippen molar-refractivity contribution in [2.45, 2.75) is 6.42 Å². The summed E-state index contributed by atoms with van der Waals surface area (Å²) in [6.45, 7) is 2.95. The van der Waals surface area contributed by atoms with Gasteiger partial charge in [-0.05, 0) is 6.42 Å². The van der Waals surface area contributed by atoms with Gasteiger partial charge in [-0.3, -0.25) is 4.79 Å². The molecule has 0 radical (unpaired) electrons. The Kier molecular flexibility index (Phi) is 4.21. The molecule has 0 aromatic carbocycles. The molecule has 7 nitrogen and oxygen atoms in total. The first-order valence-electron chi connectivity index (χ1n) is 6.09. The van der Waals surface area contributed by atoms with Crippen LogP contribution in [0.2, 0.25) is 0 Å². The summed E-state index contributed by atoms with van der Waals surface area (Å²) in [6.07, 6.45) is 0.540. The smallest absolute Gasteiger partial charge is 0.310 e. The van der Waals surface area contributed by atoms with Crippen LogP contribution in [-0.2, 0) is 19.7 Å². The van der Waals surface area contributed by atoms with Crippen LogP contribution in [-0.4, -0.2) is 69.4 Å². The fourth-order valence-electron chi connectivity index (χ4n) is 2.34. The van der Waals surface area contributed by atoms with Gasteiger partial charge in [0.2, 0.25) is 0 Å². The molecular formula is C10H19N3O4S. The van der Waals surface area contributed by atoms with Gasteiger partial charge in [0.05, 0.1) is 13.0 Å². The van der Waals surface area contributed by atoms with Crippen LogP contribution in [0, 0.1) is 5.92 Å². The standard InChI is InChI=1S/C10H19N3O4S/c1-17-10(14)9-2-5-13(8-9)18(15,16)12-6-3-11-4-7-12/h9,11H,2-8H2,1H3. The Hall–Kier alpha value is -0.700. The Balaban J connectivity index is 2.01. The maximum atomic E-state index is 12.3. The maximum absolute atomic E-state index is 12.3. The molecule has 2 aliphatic rings. The summed E-state index contributed by atoms with van der Waals surface area (Å²) in [5.74, 6) is -0.652. The van der Waals surface area contributed by atoms with E-state index in [2.05, 4.69) is 10.1 Å². The number of ether oxygens (including phenoxy) is 1. The molecule has 1 N–H and O–H groups in total. The van der Waals surface area contributed by atoms with Crippen molar-refractivity contribution < 1.29 is 17.9 Å². The molecular weight excluding hydrogens is 258 g/mol. The zero-order valence-electron chi connectivity index (χ0n) is 10.5. The molecule has 18 heavy (non-hydrogen) atoms. The van der Waals surface area contributed by atoms with Crippen molar-refractivity contribution in [1.82, 2.24) is 13.9 Å². The second-order valence-corrected chi connectivity index (χ2v) is 6.45. The Morgan fingerprint density at radius 1 is 1.22 bits per heavy atom. The number of methoxy groups -OCH3 is 1. The molecule has 2 rings (SSSR count). The zero-order valence-corrected chi connectivity index (χ0v) is 11.3. The molecule has 1 atom stereocenters. The lowest BCUT2D eigenvalue weighted by Crippen LogP contribution is -2.51. The maximum Gasteiger partial charge on any atom is 0.310 e. The normalized spacial score (nSPS) is 27.3. The van der Waals surface area contributed by atoms with Gasteiger partial charge in [0.15, 0.2) is 0 Å². The molecule has 0 aliphatic carbocycles. The third kappa shape index (κ3) is 2.66. The van der Waals surface area contributed by atoms with Crippen LogP contribution in [0.4, 0.5) is 0 Å². The summed E-state index contributed by atoms with van der Waals surface area (Å²) in [5.41, 5.74) is 0. The highest BCUT2D eigenvalue weighted by Crippen LogP contribution is 2.22. The van der Waals surface area contributed by atoms with Crippen LogP contribution in [0.3, 0.4) is 0 Å². The predicted molar refractivity (Wildman–Crippen MR) is 65.1 cm³/mol. The summed E-state index contributed by atoms with van der Waals surface area (Å²) in [6, 6.07) is 0. The number of piperazine rings is 1. The monoisotopic (exact) mass is 277 g/mol. The van der Waals surface area contributed by atoms with Crippen LogP contribution in [0.15, 0.2) is 0 Å². The van der Waals surface area contributed by atoms with Crippen molar-refractivity contribution in [1.29, 1.82) is 0 Å². The molecule has 104 valence electrons. The predicted octanol–water partition coefficient (Wildman–Crippen LogP) is -1.37. The highest BCUT2D eigenvalue weighted by molar-refractivity contribution is 7.86. The summed E-state index contributed by atoms with van der Waals surface area (Å²) in [5, 5.41) is 3.11. The Bertz CT molecular complexity index is 405. The number of hydrogen-bond acceptors (Lipinski definition) is 5. The molecule has 2 fully saturated rings. The van der Waals surface area contributed by atoms with Crippen LogP contribution >= 0.6 is 0 Å². The Labute approximate surface area is 107 Å². The van der Waals surface area contributed by atoms with Crippen LogP contribution in [0.5, 0.6) is 0 Å². The summed E-state index contributed by atoms with van der Waals surface area (Å²) in [4.78, 5) is 11.4. The first kappa shape index (κ1) is 13.7. The van der Waals surface area contributed by atoms with Crippen LogP contribution in [0.1, 0.15) is 6.42 Å². The fraction of sp³-hybridized carbons (Fsp3) is 0.900. The topological polar surface area (TPSA) is 79.0 Å². The SMILES string of the molecule is COC(=O)C1CCN(S(=O)(=O)N2CCNCC2)C1. The van der Waals surface area contributed by atoms with E-state index in [0.29, 0.717) is 39.1 Å². The number of rotatable bonds is 3. The van der Waals surface area contributed by atoms with E-state index in [9.17, 15) is 13.2 Å². The third-order valence-electron chi connectivity index (χ3n) is 3.41. The van der Waals surface area contributed by atoms with E-state index in [4.69, 9.17) is 0 Å². The van der Waals surface area contributed by atoms with Gasteiger partial charge >= 0.3 is 5.97 Å². The van der Waals surface area contributed by atoms with E-state index in [1.807, 2.05) is 0 Å². The van der Waals surface area contributed by atoms with Gasteiger partial charge in [-0.25, -0.2) is 0 Å². The lowest BCUT2D eigenvalue weighted by Gasteiger charge is -2.30. The van der Waals surface area contributed by atoms with Gasteiger partial charge in [0.1, 0.15) is 0 Å². The highest BCUT2D eigenvalue weighted by atomic mass is 32.2. The first-order valence-corrected chi connectivity index (χ1v) is 7.49. The molecule has 2 heterocycles. The second kappa shape index (κ2) is 5.52. The first-order chi connectivity index (χ1) is 8.55. The van der Waals surface area contributed by atoms with Gasteiger partial charge in [-0.1, -0.05) is 0 Å². The minimum atomic E-state index is -3.42. The van der Waals surface area contributed by atoms with Crippen molar-refractivity contribution in [2.75, 3.05) is 46.4 Å². The zero-order chi connectivity index (χ0) is 13.2. The number of esters is 1. The summed E-state index contributed by atoms with van der Waals surface area (Å²) < 4.78 is 32.2. The van der Waals surface area contributed by atoms with E-state index < -0.39 is 10.2 Å². The average Bonchev–Trinajstić information content (AvgIpc) is 2.89. The number of hydrogen-bond donors (Lipinski definition) is 1. The quantitative estimate of drug-likeness (QED) is 0.644. The molecule has 0 saturated carbocycles. The van der Waals surface area contributed by atoms with Gasteiger partial charge < -0.3 is 10.1 Å². The van der Waals surface area contributed by atoms with E-state index in [1.54, 1.807) is 0 Å². The van der Waals surface area contributed by atoms with Crippen LogP contribution in [0.25, 0.3) is 0 Å². The van der Waals surface area contributed by atoms with Crippen molar-refractivity contribution in [3.8, 4) is 0 Å². The largest absolute Gasteiger partial charge is 0.469 e. The van der Waals surface area contributed by atoms with Gasteiger partial charge in [0, 0.05) is 39.3 Å². The van der Waals surface area contributed by atoms with Crippen molar-refractivity contribution >= 4 is 16.2 Å². The van der Waals surface area contributed by atoms with E-state index in [0.717, 1.165) is 0 Å². The van der Waals surface area contributed by atoms with Crippen molar-refractivity contribution in [2.24, 2.45) is 5.92 Å². The number of nitrogens with one attached hydrogen (secondary N) is 1. The highest BCUT2D eigenvalue weighted by Gasteiger charge is 2.38. The lowest BCUT2D eigenvalue weighted by molar-refractivity contribution is -0.144. The summed E-state index contributed by atoms with van der Waals surface area (Å²) in [7, 11) is -2.09. The van der Waals surface area contributed by atoms with Gasteiger partial charge in [-0.15, -0.1) is 0 Å². The second-order valence-electron chi connectivity index (χ2n) is 4.52. The van der Waals surface area contributed by atoms with Gasteiger partial charge in [0.25, 0.3) is 10.2 Å². The molecule has 8 heteroatoms. The van der Waals surface area contributed by atoms with E-state index in [1.165, 1.54) is 15.7 Å².